The van der Waals surface area contributed by atoms with Crippen LogP contribution >= 0.6 is 11.3 Å². The molecule has 1 saturated carbocycles. The average molecular weight is 397 g/mol. The van der Waals surface area contributed by atoms with Crippen LogP contribution < -0.4 is 5.32 Å². The second-order valence-corrected chi connectivity index (χ2v) is 8.10. The number of hydrogen-bond donors (Lipinski definition) is 1. The number of nitrogens with zero attached hydrogens (tertiary/aromatic N) is 3. The molecule has 0 bridgehead atoms. The van der Waals surface area contributed by atoms with Crippen molar-refractivity contribution >= 4 is 17.3 Å². The van der Waals surface area contributed by atoms with Gasteiger partial charge in [0.1, 0.15) is 11.1 Å². The highest BCUT2D eigenvalue weighted by Gasteiger charge is 2.25. The predicted octanol–water partition coefficient (Wildman–Crippen LogP) is 3.84. The third-order valence-electron chi connectivity index (χ3n) is 5.26. The zero-order valence-corrected chi connectivity index (χ0v) is 18.3. The minimum atomic E-state index is 0.0394. The summed E-state index contributed by atoms with van der Waals surface area (Å²) in [4.78, 5) is 11.2. The van der Waals surface area contributed by atoms with Gasteiger partial charge in [-0.15, -0.1) is 11.3 Å². The molecule has 1 fully saturated rings. The van der Waals surface area contributed by atoms with Gasteiger partial charge in [-0.2, -0.15) is 0 Å². The minimum absolute atomic E-state index is 0.0394. The van der Waals surface area contributed by atoms with Crippen LogP contribution in [0.1, 0.15) is 62.8 Å². The van der Waals surface area contributed by atoms with Crippen molar-refractivity contribution < 1.29 is 9.47 Å². The first-order valence-corrected chi connectivity index (χ1v) is 11.0. The van der Waals surface area contributed by atoms with Gasteiger partial charge >= 0.3 is 0 Å². The highest BCUT2D eigenvalue weighted by atomic mass is 32.1. The van der Waals surface area contributed by atoms with E-state index in [9.17, 15) is 0 Å². The summed E-state index contributed by atoms with van der Waals surface area (Å²) in [7, 11) is 5.59. The van der Waals surface area contributed by atoms with Crippen LogP contribution in [-0.2, 0) is 16.0 Å². The van der Waals surface area contributed by atoms with E-state index in [4.69, 9.17) is 9.47 Å². The predicted molar refractivity (Wildman–Crippen MR) is 112 cm³/mol. The molecular weight excluding hydrogens is 360 g/mol. The lowest BCUT2D eigenvalue weighted by atomic mass is 9.98. The van der Waals surface area contributed by atoms with E-state index in [-0.39, 0.29) is 6.10 Å². The van der Waals surface area contributed by atoms with Crippen molar-refractivity contribution in [1.29, 1.82) is 0 Å². The van der Waals surface area contributed by atoms with Crippen LogP contribution in [0.3, 0.4) is 0 Å². The molecule has 1 heterocycles. The molecule has 0 aliphatic heterocycles. The molecule has 0 amide bonds. The van der Waals surface area contributed by atoms with E-state index in [2.05, 4.69) is 32.5 Å². The number of hydrogen-bond acceptors (Lipinski definition) is 5. The average Bonchev–Trinajstić information content (AvgIpc) is 3.35. The molecule has 0 saturated heterocycles. The Morgan fingerprint density at radius 1 is 1.44 bits per heavy atom. The van der Waals surface area contributed by atoms with Gasteiger partial charge in [-0.3, -0.25) is 4.99 Å². The Morgan fingerprint density at radius 2 is 2.19 bits per heavy atom. The lowest BCUT2D eigenvalue weighted by Crippen LogP contribution is -2.40. The Bertz CT molecular complexity index is 572. The second-order valence-electron chi connectivity index (χ2n) is 7.21. The zero-order chi connectivity index (χ0) is 19.6. The topological polar surface area (TPSA) is 59.0 Å². The maximum atomic E-state index is 6.02. The Hall–Kier alpha value is -1.18. The van der Waals surface area contributed by atoms with Crippen LogP contribution in [0.15, 0.2) is 10.4 Å². The summed E-state index contributed by atoms with van der Waals surface area (Å²) >= 11 is 1.65. The zero-order valence-electron chi connectivity index (χ0n) is 17.5. The molecule has 2 rings (SSSR count). The molecule has 0 spiro atoms. The Balaban J connectivity index is 1.82. The van der Waals surface area contributed by atoms with E-state index in [1.54, 1.807) is 18.4 Å². The van der Waals surface area contributed by atoms with Crippen molar-refractivity contribution in [3.8, 4) is 0 Å². The van der Waals surface area contributed by atoms with Crippen molar-refractivity contribution in [2.24, 2.45) is 10.9 Å². The van der Waals surface area contributed by atoms with E-state index >= 15 is 0 Å². The summed E-state index contributed by atoms with van der Waals surface area (Å²) in [6, 6.07) is 0. The van der Waals surface area contributed by atoms with Crippen molar-refractivity contribution in [3.63, 3.8) is 0 Å². The van der Waals surface area contributed by atoms with Gasteiger partial charge in [0.05, 0.1) is 18.3 Å². The number of rotatable bonds is 10. The molecule has 1 aliphatic rings. The second kappa shape index (κ2) is 11.6. The normalized spacial score (nSPS) is 17.9. The quantitative estimate of drug-likeness (QED) is 0.481. The van der Waals surface area contributed by atoms with E-state index in [0.717, 1.165) is 48.7 Å². The summed E-state index contributed by atoms with van der Waals surface area (Å²) in [5, 5.41) is 6.60. The number of aliphatic imine (C=N–C) groups is 1. The highest BCUT2D eigenvalue weighted by molar-refractivity contribution is 7.09. The van der Waals surface area contributed by atoms with E-state index < -0.39 is 0 Å². The smallest absolute Gasteiger partial charge is 0.193 e. The summed E-state index contributed by atoms with van der Waals surface area (Å²) in [6.45, 7) is 6.51. The fourth-order valence-electron chi connectivity index (χ4n) is 3.71. The number of aromatic nitrogens is 1. The first-order valence-electron chi connectivity index (χ1n) is 10.1. The molecule has 2 atom stereocenters. The summed E-state index contributed by atoms with van der Waals surface area (Å²) in [5.41, 5.74) is 1.04. The van der Waals surface area contributed by atoms with Crippen LogP contribution in [0.25, 0.3) is 0 Å². The van der Waals surface area contributed by atoms with E-state index in [1.165, 1.54) is 25.7 Å². The van der Waals surface area contributed by atoms with Gasteiger partial charge in [-0.05, 0) is 39.0 Å². The van der Waals surface area contributed by atoms with E-state index in [0.29, 0.717) is 6.10 Å². The summed E-state index contributed by atoms with van der Waals surface area (Å²) < 4.78 is 11.4. The molecule has 154 valence electrons. The van der Waals surface area contributed by atoms with Crippen molar-refractivity contribution in [2.45, 2.75) is 64.7 Å². The van der Waals surface area contributed by atoms with Crippen LogP contribution in [0.5, 0.6) is 0 Å². The number of methoxy groups -OCH3 is 1. The molecule has 0 aromatic carbocycles. The monoisotopic (exact) mass is 396 g/mol. The molecule has 2 unspecified atom stereocenters. The van der Waals surface area contributed by atoms with Gasteiger partial charge in [0.25, 0.3) is 0 Å². The SMILES string of the molecule is CCOC(CCNC(=NC)N(C)Cc1csc(C(C)OC)n1)C1CCCC1. The van der Waals surface area contributed by atoms with Crippen molar-refractivity contribution in [3.05, 3.63) is 16.1 Å². The lowest BCUT2D eigenvalue weighted by Gasteiger charge is -2.25. The standard InChI is InChI=1S/C20H36N4O2S/c1-6-26-18(16-9-7-8-10-16)11-12-22-20(21-3)24(4)13-17-14-27-19(23-17)15(2)25-5/h14-16,18H,6-13H2,1-5H3,(H,21,22). The van der Waals surface area contributed by atoms with Gasteiger partial charge < -0.3 is 19.7 Å². The highest BCUT2D eigenvalue weighted by Crippen LogP contribution is 2.30. The summed E-state index contributed by atoms with van der Waals surface area (Å²) in [5.74, 6) is 1.62. The molecule has 6 nitrogen and oxygen atoms in total. The molecule has 0 radical (unpaired) electrons. The molecule has 27 heavy (non-hydrogen) atoms. The largest absolute Gasteiger partial charge is 0.378 e. The summed E-state index contributed by atoms with van der Waals surface area (Å²) in [6.07, 6.45) is 6.75. The van der Waals surface area contributed by atoms with Gasteiger partial charge in [0, 0.05) is 39.7 Å². The number of thiazole rings is 1. The molecule has 1 aliphatic carbocycles. The fourth-order valence-corrected chi connectivity index (χ4v) is 4.55. The molecular formula is C20H36N4O2S. The molecule has 1 aromatic heterocycles. The van der Waals surface area contributed by atoms with Gasteiger partial charge in [0.2, 0.25) is 0 Å². The van der Waals surface area contributed by atoms with Gasteiger partial charge in [-0.25, -0.2) is 4.98 Å². The number of guanidine groups is 1. The van der Waals surface area contributed by atoms with Crippen LogP contribution in [-0.4, -0.2) is 56.3 Å². The fraction of sp³-hybridized carbons (Fsp3) is 0.800. The molecule has 1 aromatic rings. The van der Waals surface area contributed by atoms with Gasteiger partial charge in [0.15, 0.2) is 5.96 Å². The third kappa shape index (κ3) is 6.73. The Morgan fingerprint density at radius 3 is 2.81 bits per heavy atom. The van der Waals surface area contributed by atoms with Crippen LogP contribution in [0.4, 0.5) is 0 Å². The van der Waals surface area contributed by atoms with Crippen LogP contribution in [0.2, 0.25) is 0 Å². The number of nitrogens with one attached hydrogen (secondary N) is 1. The Labute approximate surface area is 168 Å². The maximum Gasteiger partial charge on any atom is 0.193 e. The van der Waals surface area contributed by atoms with Crippen LogP contribution in [0, 0.1) is 5.92 Å². The van der Waals surface area contributed by atoms with Crippen molar-refractivity contribution in [1.82, 2.24) is 15.2 Å². The molecule has 7 heteroatoms. The number of ether oxygens (including phenoxy) is 2. The first-order chi connectivity index (χ1) is 13.1. The Kier molecular flexibility index (Phi) is 9.51. The first kappa shape index (κ1) is 22.1. The maximum absolute atomic E-state index is 6.02. The van der Waals surface area contributed by atoms with E-state index in [1.807, 2.05) is 21.0 Å². The van der Waals surface area contributed by atoms with Crippen molar-refractivity contribution in [2.75, 3.05) is 34.4 Å². The lowest BCUT2D eigenvalue weighted by molar-refractivity contribution is 0.0169. The van der Waals surface area contributed by atoms with Gasteiger partial charge in [-0.1, -0.05) is 12.8 Å². The third-order valence-corrected chi connectivity index (χ3v) is 6.32. The minimum Gasteiger partial charge on any atom is -0.378 e. The molecule has 1 N–H and O–H groups in total.